The Kier molecular flexibility index (Phi) is 6.41. The molecule has 0 amide bonds. The predicted molar refractivity (Wildman–Crippen MR) is 179 cm³/mol. The Bertz CT molecular complexity index is 2240. The highest BCUT2D eigenvalue weighted by molar-refractivity contribution is 7.87. The smallest absolute Gasteiger partial charge is 0.339 e. The maximum atomic E-state index is 15.2. The van der Waals surface area contributed by atoms with Gasteiger partial charge in [-0.25, -0.2) is 0 Å². The lowest BCUT2D eigenvalue weighted by atomic mass is 9.77. The molecule has 6 unspecified atom stereocenters. The second kappa shape index (κ2) is 10.3. The first-order valence-electron chi connectivity index (χ1n) is 16.6. The highest BCUT2D eigenvalue weighted by Gasteiger charge is 2.47. The third-order valence-electron chi connectivity index (χ3n) is 11.8. The fourth-order valence-corrected chi connectivity index (χ4v) is 12.5. The molecule has 4 fully saturated rings. The van der Waals surface area contributed by atoms with Gasteiger partial charge >= 0.3 is 10.1 Å². The third kappa shape index (κ3) is 4.36. The summed E-state index contributed by atoms with van der Waals surface area (Å²) in [6.07, 6.45) is 8.94. The molecule has 0 aromatic heterocycles. The van der Waals surface area contributed by atoms with Gasteiger partial charge < -0.3 is 4.18 Å². The first kappa shape index (κ1) is 28.7. The highest BCUT2D eigenvalue weighted by atomic mass is 32.2. The normalized spacial score (nSPS) is 27.3. The first-order valence-corrected chi connectivity index (χ1v) is 19.4. The standard InChI is InChI=1S/C38H36O6S2/c39-45(40,41)37-30-11-5-3-9-28(30)36(29-10-4-6-12-31(29)37)44-46(42,43)38-34(32-19-22-13-15-25(32)17-22)21-24-7-1-2-8-27(24)35(38)33-20-23-14-16-26(33)18-23/h1-12,21-23,25-26,32-33H,13-20H2,(H,39,40,41). The molecule has 4 aliphatic carbocycles. The molecule has 6 nitrogen and oxygen atoms in total. The van der Waals surface area contributed by atoms with E-state index >= 15 is 8.42 Å². The monoisotopic (exact) mass is 652 g/mol. The molecule has 0 radical (unpaired) electrons. The molecule has 0 heterocycles. The van der Waals surface area contributed by atoms with Gasteiger partial charge in [-0.15, -0.1) is 0 Å². The molecule has 0 saturated heterocycles. The zero-order valence-corrected chi connectivity index (χ0v) is 27.1. The van der Waals surface area contributed by atoms with E-state index in [1.165, 1.54) is 12.8 Å². The Morgan fingerprint density at radius 3 is 1.63 bits per heavy atom. The van der Waals surface area contributed by atoms with Crippen molar-refractivity contribution in [3.8, 4) is 5.75 Å². The van der Waals surface area contributed by atoms with Gasteiger partial charge in [-0.3, -0.25) is 4.55 Å². The number of hydrogen-bond acceptors (Lipinski definition) is 5. The van der Waals surface area contributed by atoms with Crippen LogP contribution in [0.25, 0.3) is 32.3 Å². The van der Waals surface area contributed by atoms with Crippen molar-refractivity contribution in [1.82, 2.24) is 0 Å². The van der Waals surface area contributed by atoms with E-state index < -0.39 is 20.2 Å². The molecule has 1 N–H and O–H groups in total. The molecule has 9 rings (SSSR count). The van der Waals surface area contributed by atoms with E-state index in [1.807, 2.05) is 12.1 Å². The van der Waals surface area contributed by atoms with E-state index in [-0.39, 0.29) is 33.3 Å². The summed E-state index contributed by atoms with van der Waals surface area (Å²) in [6.45, 7) is 0. The van der Waals surface area contributed by atoms with Gasteiger partial charge in [0, 0.05) is 21.5 Å². The highest BCUT2D eigenvalue weighted by Crippen LogP contribution is 2.59. The number of benzene rings is 5. The van der Waals surface area contributed by atoms with Crippen LogP contribution in [0.5, 0.6) is 5.75 Å². The first-order chi connectivity index (χ1) is 22.2. The van der Waals surface area contributed by atoms with Crippen LogP contribution < -0.4 is 4.18 Å². The summed E-state index contributed by atoms with van der Waals surface area (Å²) in [7, 11) is -9.06. The van der Waals surface area contributed by atoms with Crippen LogP contribution in [0, 0.1) is 23.7 Å². The third-order valence-corrected chi connectivity index (χ3v) is 14.1. The second-order valence-electron chi connectivity index (χ2n) is 14.3. The zero-order valence-electron chi connectivity index (χ0n) is 25.4. The molecule has 6 atom stereocenters. The number of rotatable bonds is 6. The Balaban J connectivity index is 1.32. The maximum Gasteiger partial charge on any atom is 0.339 e. The van der Waals surface area contributed by atoms with Crippen LogP contribution in [0.4, 0.5) is 0 Å². The molecule has 4 saturated carbocycles. The van der Waals surface area contributed by atoms with E-state index in [1.54, 1.807) is 48.5 Å². The minimum absolute atomic E-state index is 0.0875. The Morgan fingerprint density at radius 2 is 1.11 bits per heavy atom. The summed E-state index contributed by atoms with van der Waals surface area (Å²) in [5.74, 6) is 2.55. The number of hydrogen-bond donors (Lipinski definition) is 1. The van der Waals surface area contributed by atoms with Gasteiger partial charge in [0.1, 0.15) is 9.79 Å². The van der Waals surface area contributed by atoms with E-state index in [4.69, 9.17) is 4.18 Å². The fraction of sp³-hybridized carbons (Fsp3) is 0.368. The molecule has 4 bridgehead atoms. The van der Waals surface area contributed by atoms with Gasteiger partial charge in [-0.05, 0) is 102 Å². The summed E-state index contributed by atoms with van der Waals surface area (Å²) in [4.78, 5) is 0.0906. The van der Waals surface area contributed by atoms with Crippen molar-refractivity contribution < 1.29 is 25.6 Å². The molecule has 46 heavy (non-hydrogen) atoms. The number of fused-ring (bicyclic) bond motifs is 7. The Morgan fingerprint density at radius 1 is 0.587 bits per heavy atom. The SMILES string of the molecule is O=S(=O)(O)c1c2ccccc2c(OS(=O)(=O)c2c(C3CC4CCC3C4)cc3ccccc3c2C2CC3CCC2C3)c2ccccc12. The van der Waals surface area contributed by atoms with Crippen molar-refractivity contribution in [1.29, 1.82) is 0 Å². The van der Waals surface area contributed by atoms with Gasteiger partial charge in [-0.2, -0.15) is 16.8 Å². The lowest BCUT2D eigenvalue weighted by molar-refractivity contribution is 0.400. The minimum atomic E-state index is -4.64. The van der Waals surface area contributed by atoms with Gasteiger partial charge in [0.25, 0.3) is 10.1 Å². The van der Waals surface area contributed by atoms with Crippen molar-refractivity contribution in [2.75, 3.05) is 0 Å². The van der Waals surface area contributed by atoms with Crippen LogP contribution in [0.1, 0.15) is 74.3 Å². The average molecular weight is 653 g/mol. The Hall–Kier alpha value is -3.46. The van der Waals surface area contributed by atoms with E-state index in [0.29, 0.717) is 39.3 Å². The topological polar surface area (TPSA) is 97.7 Å². The molecule has 236 valence electrons. The van der Waals surface area contributed by atoms with Gasteiger partial charge in [0.15, 0.2) is 5.75 Å². The van der Waals surface area contributed by atoms with Crippen molar-refractivity contribution in [3.05, 3.63) is 90.0 Å². The zero-order chi connectivity index (χ0) is 31.4. The van der Waals surface area contributed by atoms with Gasteiger partial charge in [-0.1, -0.05) is 85.6 Å². The summed E-state index contributed by atoms with van der Waals surface area (Å²) in [5.41, 5.74) is 1.82. The quantitative estimate of drug-likeness (QED) is 0.112. The van der Waals surface area contributed by atoms with Crippen LogP contribution in [0.3, 0.4) is 0 Å². The van der Waals surface area contributed by atoms with Gasteiger partial charge in [0.2, 0.25) is 0 Å². The maximum absolute atomic E-state index is 15.2. The van der Waals surface area contributed by atoms with Crippen LogP contribution in [0.15, 0.2) is 88.7 Å². The molecular weight excluding hydrogens is 617 g/mol. The lowest BCUT2D eigenvalue weighted by Gasteiger charge is -2.31. The predicted octanol–water partition coefficient (Wildman–Crippen LogP) is 8.97. The molecule has 8 heteroatoms. The molecule has 5 aromatic rings. The van der Waals surface area contributed by atoms with Gasteiger partial charge in [0.05, 0.1) is 0 Å². The summed E-state index contributed by atoms with van der Waals surface area (Å²) >= 11 is 0. The van der Waals surface area contributed by atoms with Crippen LogP contribution >= 0.6 is 0 Å². The fourth-order valence-electron chi connectivity index (χ4n) is 10.1. The van der Waals surface area contributed by atoms with Crippen LogP contribution in [-0.4, -0.2) is 21.4 Å². The van der Waals surface area contributed by atoms with E-state index in [0.717, 1.165) is 60.4 Å². The average Bonchev–Trinajstić information content (AvgIpc) is 3.86. The molecule has 0 aliphatic heterocycles. The van der Waals surface area contributed by atoms with Crippen molar-refractivity contribution >= 4 is 52.6 Å². The van der Waals surface area contributed by atoms with Crippen molar-refractivity contribution in [2.45, 2.75) is 73.0 Å². The lowest BCUT2D eigenvalue weighted by Crippen LogP contribution is -2.22. The van der Waals surface area contributed by atoms with Crippen LogP contribution in [0.2, 0.25) is 0 Å². The molecule has 4 aliphatic rings. The van der Waals surface area contributed by atoms with Crippen molar-refractivity contribution in [3.63, 3.8) is 0 Å². The van der Waals surface area contributed by atoms with Crippen molar-refractivity contribution in [2.24, 2.45) is 23.7 Å². The molecule has 5 aromatic carbocycles. The summed E-state index contributed by atoms with van der Waals surface area (Å²) in [6, 6.07) is 23.7. The molecule has 0 spiro atoms. The summed E-state index contributed by atoms with van der Waals surface area (Å²) in [5, 5.41) is 3.15. The Labute approximate surface area is 269 Å². The largest absolute Gasteiger partial charge is 0.378 e. The second-order valence-corrected chi connectivity index (χ2v) is 17.1. The van der Waals surface area contributed by atoms with E-state index in [2.05, 4.69) is 18.2 Å². The molecular formula is C38H36O6S2. The van der Waals surface area contributed by atoms with Crippen LogP contribution in [-0.2, 0) is 20.2 Å². The summed E-state index contributed by atoms with van der Waals surface area (Å²) < 4.78 is 72.5. The van der Waals surface area contributed by atoms with E-state index in [9.17, 15) is 13.0 Å². The minimum Gasteiger partial charge on any atom is -0.378 e.